The summed E-state index contributed by atoms with van der Waals surface area (Å²) in [7, 11) is 1.65. The van der Waals surface area contributed by atoms with Crippen LogP contribution >= 0.6 is 0 Å². The lowest BCUT2D eigenvalue weighted by molar-refractivity contribution is -0.122. The number of β-amino-alcohol motifs (C(OH)–C–C–N with tert-alkyl or cyclic N) is 1. The van der Waals surface area contributed by atoms with Crippen LogP contribution in [0.2, 0.25) is 0 Å². The van der Waals surface area contributed by atoms with Crippen LogP contribution < -0.4 is 5.32 Å². The lowest BCUT2D eigenvalue weighted by Crippen LogP contribution is -2.37. The molecular formula is C10H20N2O3. The van der Waals surface area contributed by atoms with Crippen LogP contribution in [0.1, 0.15) is 12.8 Å². The van der Waals surface area contributed by atoms with Crippen molar-refractivity contribution >= 4 is 5.91 Å². The minimum Gasteiger partial charge on any atom is -0.392 e. The minimum atomic E-state index is -0.258. The molecule has 15 heavy (non-hydrogen) atoms. The Labute approximate surface area is 90.4 Å². The standard InChI is InChI=1S/C10H20N2O3/c1-15-6-2-4-11-10(14)8-12-5-3-9(13)7-12/h9,13H,2-8H2,1H3,(H,11,14)/t9-/m0/s1. The summed E-state index contributed by atoms with van der Waals surface area (Å²) in [6.07, 6.45) is 1.35. The van der Waals surface area contributed by atoms with E-state index in [0.29, 0.717) is 26.2 Å². The molecular weight excluding hydrogens is 196 g/mol. The second-order valence-corrected chi connectivity index (χ2v) is 3.87. The number of nitrogens with zero attached hydrogens (tertiary/aromatic N) is 1. The van der Waals surface area contributed by atoms with Gasteiger partial charge in [0.05, 0.1) is 12.6 Å². The van der Waals surface area contributed by atoms with Crippen LogP contribution in [0.25, 0.3) is 0 Å². The number of carbonyl (C=O) groups is 1. The van der Waals surface area contributed by atoms with Gasteiger partial charge in [-0.05, 0) is 12.8 Å². The summed E-state index contributed by atoms with van der Waals surface area (Å²) >= 11 is 0. The summed E-state index contributed by atoms with van der Waals surface area (Å²) in [5.74, 6) is 0.0280. The van der Waals surface area contributed by atoms with Crippen molar-refractivity contribution in [3.8, 4) is 0 Å². The molecule has 1 amide bonds. The fraction of sp³-hybridized carbons (Fsp3) is 0.900. The quantitative estimate of drug-likeness (QED) is 0.571. The van der Waals surface area contributed by atoms with Crippen molar-refractivity contribution in [1.82, 2.24) is 10.2 Å². The Hall–Kier alpha value is -0.650. The van der Waals surface area contributed by atoms with Gasteiger partial charge in [0, 0.05) is 33.4 Å². The van der Waals surface area contributed by atoms with Crippen molar-refractivity contribution in [2.75, 3.05) is 39.9 Å². The molecule has 1 saturated heterocycles. The summed E-state index contributed by atoms with van der Waals surface area (Å²) in [5.41, 5.74) is 0. The Morgan fingerprint density at radius 2 is 2.47 bits per heavy atom. The Morgan fingerprint density at radius 1 is 1.67 bits per heavy atom. The Balaban J connectivity index is 2.03. The molecule has 5 heteroatoms. The van der Waals surface area contributed by atoms with Crippen molar-refractivity contribution < 1.29 is 14.6 Å². The zero-order chi connectivity index (χ0) is 11.1. The molecule has 0 aromatic rings. The van der Waals surface area contributed by atoms with E-state index in [1.54, 1.807) is 7.11 Å². The smallest absolute Gasteiger partial charge is 0.234 e. The van der Waals surface area contributed by atoms with Crippen LogP contribution in [0, 0.1) is 0 Å². The maximum atomic E-state index is 11.4. The van der Waals surface area contributed by atoms with Crippen molar-refractivity contribution in [3.05, 3.63) is 0 Å². The number of hydrogen-bond acceptors (Lipinski definition) is 4. The first-order valence-electron chi connectivity index (χ1n) is 5.38. The van der Waals surface area contributed by atoms with Gasteiger partial charge >= 0.3 is 0 Å². The number of rotatable bonds is 6. The highest BCUT2D eigenvalue weighted by Crippen LogP contribution is 2.07. The maximum Gasteiger partial charge on any atom is 0.234 e. The molecule has 88 valence electrons. The molecule has 0 unspecified atom stereocenters. The molecule has 0 saturated carbocycles. The molecule has 1 aliphatic heterocycles. The molecule has 0 spiro atoms. The van der Waals surface area contributed by atoms with Crippen LogP contribution in [0.4, 0.5) is 0 Å². The van der Waals surface area contributed by atoms with E-state index in [1.165, 1.54) is 0 Å². The van der Waals surface area contributed by atoms with Crippen molar-refractivity contribution in [3.63, 3.8) is 0 Å². The van der Waals surface area contributed by atoms with Crippen LogP contribution in [0.5, 0.6) is 0 Å². The van der Waals surface area contributed by atoms with Gasteiger partial charge in [0.15, 0.2) is 0 Å². The van der Waals surface area contributed by atoms with Gasteiger partial charge in [-0.2, -0.15) is 0 Å². The molecule has 0 radical (unpaired) electrons. The van der Waals surface area contributed by atoms with Crippen LogP contribution in [0.3, 0.4) is 0 Å². The van der Waals surface area contributed by atoms with E-state index in [2.05, 4.69) is 5.32 Å². The summed E-state index contributed by atoms with van der Waals surface area (Å²) in [5, 5.41) is 12.1. The van der Waals surface area contributed by atoms with E-state index in [9.17, 15) is 9.90 Å². The van der Waals surface area contributed by atoms with Gasteiger partial charge in [0.1, 0.15) is 0 Å². The highest BCUT2D eigenvalue weighted by Gasteiger charge is 2.21. The zero-order valence-electron chi connectivity index (χ0n) is 9.24. The van der Waals surface area contributed by atoms with Gasteiger partial charge < -0.3 is 15.2 Å². The second-order valence-electron chi connectivity index (χ2n) is 3.87. The third-order valence-electron chi connectivity index (χ3n) is 2.46. The summed E-state index contributed by atoms with van der Waals surface area (Å²) in [4.78, 5) is 13.4. The molecule has 1 rings (SSSR count). The molecule has 1 heterocycles. The van der Waals surface area contributed by atoms with Gasteiger partial charge in [-0.1, -0.05) is 0 Å². The van der Waals surface area contributed by atoms with Gasteiger partial charge in [0.2, 0.25) is 5.91 Å². The highest BCUT2D eigenvalue weighted by atomic mass is 16.5. The molecule has 1 aliphatic rings. The Morgan fingerprint density at radius 3 is 3.07 bits per heavy atom. The second kappa shape index (κ2) is 6.76. The fourth-order valence-corrected chi connectivity index (χ4v) is 1.66. The minimum absolute atomic E-state index is 0.0280. The first kappa shape index (κ1) is 12.4. The molecule has 1 atom stereocenters. The third kappa shape index (κ3) is 5.11. The molecule has 1 fully saturated rings. The van der Waals surface area contributed by atoms with Gasteiger partial charge in [-0.15, -0.1) is 0 Å². The van der Waals surface area contributed by atoms with Crippen LogP contribution in [-0.2, 0) is 9.53 Å². The Kier molecular flexibility index (Phi) is 5.60. The lowest BCUT2D eigenvalue weighted by atomic mass is 10.3. The SMILES string of the molecule is COCCCNC(=O)CN1CC[C@H](O)C1. The maximum absolute atomic E-state index is 11.4. The first-order chi connectivity index (χ1) is 7.22. The monoisotopic (exact) mass is 216 g/mol. The predicted molar refractivity (Wildman–Crippen MR) is 56.6 cm³/mol. The number of carbonyl (C=O) groups excluding carboxylic acids is 1. The van der Waals surface area contributed by atoms with E-state index in [4.69, 9.17) is 4.74 Å². The largest absolute Gasteiger partial charge is 0.392 e. The normalized spacial score (nSPS) is 21.9. The van der Waals surface area contributed by atoms with E-state index >= 15 is 0 Å². The predicted octanol–water partition coefficient (Wildman–Crippen LogP) is -0.794. The van der Waals surface area contributed by atoms with Gasteiger partial charge in [-0.25, -0.2) is 0 Å². The summed E-state index contributed by atoms with van der Waals surface area (Å²) < 4.78 is 4.88. The van der Waals surface area contributed by atoms with Gasteiger partial charge in [-0.3, -0.25) is 9.69 Å². The topological polar surface area (TPSA) is 61.8 Å². The van der Waals surface area contributed by atoms with Crippen LogP contribution in [-0.4, -0.2) is 61.9 Å². The first-order valence-corrected chi connectivity index (χ1v) is 5.38. The highest BCUT2D eigenvalue weighted by molar-refractivity contribution is 5.78. The van der Waals surface area contributed by atoms with Crippen molar-refractivity contribution in [2.24, 2.45) is 0 Å². The number of likely N-dealkylation sites (tertiary alicyclic amines) is 1. The average Bonchev–Trinajstić information content (AvgIpc) is 2.59. The number of nitrogens with one attached hydrogen (secondary N) is 1. The van der Waals surface area contributed by atoms with Crippen LogP contribution in [0.15, 0.2) is 0 Å². The zero-order valence-corrected chi connectivity index (χ0v) is 9.24. The summed E-state index contributed by atoms with van der Waals surface area (Å²) in [6.45, 7) is 3.15. The molecule has 0 aliphatic carbocycles. The molecule has 2 N–H and O–H groups in total. The number of amides is 1. The number of hydrogen-bond donors (Lipinski definition) is 2. The molecule has 5 nitrogen and oxygen atoms in total. The lowest BCUT2D eigenvalue weighted by Gasteiger charge is -2.14. The Bertz CT molecular complexity index is 199. The van der Waals surface area contributed by atoms with Crippen molar-refractivity contribution in [1.29, 1.82) is 0 Å². The average molecular weight is 216 g/mol. The third-order valence-corrected chi connectivity index (χ3v) is 2.46. The van der Waals surface area contributed by atoms with Gasteiger partial charge in [0.25, 0.3) is 0 Å². The van der Waals surface area contributed by atoms with E-state index in [0.717, 1.165) is 19.4 Å². The molecule has 0 bridgehead atoms. The molecule has 0 aromatic heterocycles. The number of aliphatic hydroxyl groups excluding tert-OH is 1. The number of methoxy groups -OCH3 is 1. The van der Waals surface area contributed by atoms with E-state index < -0.39 is 0 Å². The van der Waals surface area contributed by atoms with E-state index in [-0.39, 0.29) is 12.0 Å². The molecule has 0 aromatic carbocycles. The van der Waals surface area contributed by atoms with Crippen molar-refractivity contribution in [2.45, 2.75) is 18.9 Å². The number of ether oxygens (including phenoxy) is 1. The summed E-state index contributed by atoms with van der Waals surface area (Å²) in [6, 6.07) is 0. The number of aliphatic hydroxyl groups is 1. The fourth-order valence-electron chi connectivity index (χ4n) is 1.66. The van der Waals surface area contributed by atoms with E-state index in [1.807, 2.05) is 4.90 Å².